The van der Waals surface area contributed by atoms with Gasteiger partial charge in [0, 0.05) is 17.5 Å². The van der Waals surface area contributed by atoms with E-state index < -0.39 is 0 Å². The number of fused-ring (bicyclic) bond motifs is 1. The van der Waals surface area contributed by atoms with Gasteiger partial charge in [0.1, 0.15) is 22.8 Å². The zero-order valence-corrected chi connectivity index (χ0v) is 15.0. The van der Waals surface area contributed by atoms with Crippen molar-refractivity contribution in [3.05, 3.63) is 53.6 Å². The lowest BCUT2D eigenvalue weighted by molar-refractivity contribution is 0.0618. The van der Waals surface area contributed by atoms with Crippen molar-refractivity contribution in [3.63, 3.8) is 0 Å². The molecule has 0 fully saturated rings. The number of benzene rings is 2. The predicted molar refractivity (Wildman–Crippen MR) is 95.5 cm³/mol. The molecule has 1 amide bonds. The SMILES string of the molecule is COc1ccc(C(=O)NC2CC(C)(C)Oc3ccc(OC)cc32)cc1. The highest BCUT2D eigenvalue weighted by atomic mass is 16.5. The topological polar surface area (TPSA) is 56.8 Å². The van der Waals surface area contributed by atoms with Crippen LogP contribution in [-0.4, -0.2) is 25.7 Å². The average Bonchev–Trinajstić information content (AvgIpc) is 2.60. The fourth-order valence-corrected chi connectivity index (χ4v) is 3.07. The second kappa shape index (κ2) is 6.67. The molecule has 1 aliphatic rings. The summed E-state index contributed by atoms with van der Waals surface area (Å²) in [6.45, 7) is 4.04. The van der Waals surface area contributed by atoms with Crippen LogP contribution in [0.1, 0.15) is 42.2 Å². The third-order valence-corrected chi connectivity index (χ3v) is 4.33. The van der Waals surface area contributed by atoms with E-state index in [4.69, 9.17) is 14.2 Å². The van der Waals surface area contributed by atoms with Gasteiger partial charge in [0.25, 0.3) is 5.91 Å². The van der Waals surface area contributed by atoms with Gasteiger partial charge in [0.2, 0.25) is 0 Å². The van der Waals surface area contributed by atoms with Gasteiger partial charge < -0.3 is 19.5 Å². The molecule has 1 aliphatic heterocycles. The standard InChI is InChI=1S/C20H23NO4/c1-20(2)12-17(16-11-15(24-4)9-10-18(16)25-20)21-19(22)13-5-7-14(23-3)8-6-13/h5-11,17H,12H2,1-4H3,(H,21,22). The van der Waals surface area contributed by atoms with Gasteiger partial charge in [-0.2, -0.15) is 0 Å². The van der Waals surface area contributed by atoms with Crippen molar-refractivity contribution in [1.82, 2.24) is 5.32 Å². The molecule has 0 aromatic heterocycles. The number of nitrogens with one attached hydrogen (secondary N) is 1. The van der Waals surface area contributed by atoms with E-state index in [0.29, 0.717) is 12.0 Å². The molecule has 2 aromatic rings. The van der Waals surface area contributed by atoms with Crippen molar-refractivity contribution in [2.24, 2.45) is 0 Å². The van der Waals surface area contributed by atoms with Crippen LogP contribution in [0, 0.1) is 0 Å². The molecule has 0 spiro atoms. The number of carbonyl (C=O) groups is 1. The summed E-state index contributed by atoms with van der Waals surface area (Å²) in [5, 5.41) is 3.12. The van der Waals surface area contributed by atoms with Crippen molar-refractivity contribution in [3.8, 4) is 17.2 Å². The van der Waals surface area contributed by atoms with Gasteiger partial charge in [0.05, 0.1) is 20.3 Å². The molecule has 1 N–H and O–H groups in total. The molecule has 5 heteroatoms. The summed E-state index contributed by atoms with van der Waals surface area (Å²) in [4.78, 5) is 12.7. The summed E-state index contributed by atoms with van der Waals surface area (Å²) in [5.41, 5.74) is 1.16. The Morgan fingerprint density at radius 3 is 2.36 bits per heavy atom. The zero-order valence-electron chi connectivity index (χ0n) is 15.0. The quantitative estimate of drug-likeness (QED) is 0.920. The van der Waals surface area contributed by atoms with Crippen LogP contribution in [0.4, 0.5) is 0 Å². The largest absolute Gasteiger partial charge is 0.497 e. The fourth-order valence-electron chi connectivity index (χ4n) is 3.07. The van der Waals surface area contributed by atoms with E-state index in [1.54, 1.807) is 38.5 Å². The highest BCUT2D eigenvalue weighted by Gasteiger charge is 2.35. The monoisotopic (exact) mass is 341 g/mol. The number of amides is 1. The molecule has 25 heavy (non-hydrogen) atoms. The highest BCUT2D eigenvalue weighted by molar-refractivity contribution is 5.94. The third-order valence-electron chi connectivity index (χ3n) is 4.33. The number of methoxy groups -OCH3 is 2. The maximum atomic E-state index is 12.7. The molecule has 0 saturated heterocycles. The van der Waals surface area contributed by atoms with E-state index in [1.165, 1.54) is 0 Å². The molecule has 132 valence electrons. The van der Waals surface area contributed by atoms with Crippen molar-refractivity contribution >= 4 is 5.91 Å². The van der Waals surface area contributed by atoms with Crippen LogP contribution in [0.5, 0.6) is 17.2 Å². The summed E-state index contributed by atoms with van der Waals surface area (Å²) < 4.78 is 16.5. The van der Waals surface area contributed by atoms with Gasteiger partial charge in [-0.25, -0.2) is 0 Å². The second-order valence-electron chi connectivity index (χ2n) is 6.72. The number of carbonyl (C=O) groups excluding carboxylic acids is 1. The molecule has 5 nitrogen and oxygen atoms in total. The number of ether oxygens (including phenoxy) is 3. The van der Waals surface area contributed by atoms with Gasteiger partial charge in [-0.15, -0.1) is 0 Å². The van der Waals surface area contributed by atoms with E-state index in [-0.39, 0.29) is 17.6 Å². The number of hydrogen-bond acceptors (Lipinski definition) is 4. The predicted octanol–water partition coefficient (Wildman–Crippen LogP) is 3.74. The van der Waals surface area contributed by atoms with E-state index in [0.717, 1.165) is 22.8 Å². The van der Waals surface area contributed by atoms with Gasteiger partial charge in [-0.05, 0) is 56.3 Å². The smallest absolute Gasteiger partial charge is 0.251 e. The van der Waals surface area contributed by atoms with E-state index >= 15 is 0 Å². The van der Waals surface area contributed by atoms with Crippen molar-refractivity contribution in [2.45, 2.75) is 31.9 Å². The lowest BCUT2D eigenvalue weighted by Crippen LogP contribution is -2.41. The van der Waals surface area contributed by atoms with Gasteiger partial charge in [-0.1, -0.05) is 0 Å². The lowest BCUT2D eigenvalue weighted by Gasteiger charge is -2.38. The van der Waals surface area contributed by atoms with Crippen LogP contribution in [0.25, 0.3) is 0 Å². The summed E-state index contributed by atoms with van der Waals surface area (Å²) in [6, 6.07) is 12.6. The van der Waals surface area contributed by atoms with Crippen molar-refractivity contribution < 1.29 is 19.0 Å². The Labute approximate surface area is 147 Å². The molecular weight excluding hydrogens is 318 g/mol. The molecule has 0 bridgehead atoms. The molecule has 0 aliphatic carbocycles. The maximum absolute atomic E-state index is 12.7. The fraction of sp³-hybridized carbons (Fsp3) is 0.350. The van der Waals surface area contributed by atoms with Crippen molar-refractivity contribution in [2.75, 3.05) is 14.2 Å². The minimum absolute atomic E-state index is 0.126. The van der Waals surface area contributed by atoms with Crippen LogP contribution in [0.2, 0.25) is 0 Å². The molecule has 1 atom stereocenters. The number of hydrogen-bond donors (Lipinski definition) is 1. The van der Waals surface area contributed by atoms with Crippen LogP contribution in [-0.2, 0) is 0 Å². The second-order valence-corrected chi connectivity index (χ2v) is 6.72. The van der Waals surface area contributed by atoms with E-state index in [9.17, 15) is 4.79 Å². The number of rotatable bonds is 4. The maximum Gasteiger partial charge on any atom is 0.251 e. The average molecular weight is 341 g/mol. The minimum Gasteiger partial charge on any atom is -0.497 e. The molecule has 2 aromatic carbocycles. The first-order chi connectivity index (χ1) is 11.9. The van der Waals surface area contributed by atoms with Crippen LogP contribution in [0.15, 0.2) is 42.5 Å². The first-order valence-corrected chi connectivity index (χ1v) is 8.24. The van der Waals surface area contributed by atoms with E-state index in [1.807, 2.05) is 32.0 Å². The van der Waals surface area contributed by atoms with Gasteiger partial charge >= 0.3 is 0 Å². The van der Waals surface area contributed by atoms with Crippen LogP contribution in [0.3, 0.4) is 0 Å². The first-order valence-electron chi connectivity index (χ1n) is 8.24. The first kappa shape index (κ1) is 17.1. The van der Waals surface area contributed by atoms with E-state index in [2.05, 4.69) is 5.32 Å². The Hall–Kier alpha value is -2.69. The Bertz CT molecular complexity index is 768. The highest BCUT2D eigenvalue weighted by Crippen LogP contribution is 2.41. The normalized spacial score (nSPS) is 17.8. The third kappa shape index (κ3) is 3.71. The van der Waals surface area contributed by atoms with Gasteiger partial charge in [0.15, 0.2) is 0 Å². The van der Waals surface area contributed by atoms with Crippen molar-refractivity contribution in [1.29, 1.82) is 0 Å². The van der Waals surface area contributed by atoms with Gasteiger partial charge in [-0.3, -0.25) is 4.79 Å². The Morgan fingerprint density at radius 1 is 1.08 bits per heavy atom. The molecular formula is C20H23NO4. The molecule has 1 heterocycles. The minimum atomic E-state index is -0.362. The summed E-state index contributed by atoms with van der Waals surface area (Å²) >= 11 is 0. The van der Waals surface area contributed by atoms with Crippen LogP contribution >= 0.6 is 0 Å². The Kier molecular flexibility index (Phi) is 4.57. The Balaban J connectivity index is 1.86. The summed E-state index contributed by atoms with van der Waals surface area (Å²) in [5.74, 6) is 2.11. The summed E-state index contributed by atoms with van der Waals surface area (Å²) in [6.07, 6.45) is 0.676. The summed E-state index contributed by atoms with van der Waals surface area (Å²) in [7, 11) is 3.23. The molecule has 0 radical (unpaired) electrons. The lowest BCUT2D eigenvalue weighted by atomic mass is 9.89. The Morgan fingerprint density at radius 2 is 1.72 bits per heavy atom. The molecule has 3 rings (SSSR count). The molecule has 1 unspecified atom stereocenters. The molecule has 0 saturated carbocycles. The zero-order chi connectivity index (χ0) is 18.0. The van der Waals surface area contributed by atoms with Crippen LogP contribution < -0.4 is 19.5 Å².